The van der Waals surface area contributed by atoms with E-state index in [1.54, 1.807) is 12.1 Å². The summed E-state index contributed by atoms with van der Waals surface area (Å²) in [4.78, 5) is 22.6. The van der Waals surface area contributed by atoms with Crippen molar-refractivity contribution in [2.24, 2.45) is 0 Å². The number of carbonyl (C=O) groups is 1. The molecule has 0 aliphatic heterocycles. The molecule has 0 aliphatic carbocycles. The standard InChI is InChI=1S/C14H11IN2O3S/c1-9-8-10(15)2-5-12(9)16-13(18)6-3-11-4-7-14(21-11)17(19)20/h2-8H,1H3,(H,16,18)/b6-3+. The summed E-state index contributed by atoms with van der Waals surface area (Å²) in [5, 5.41) is 13.4. The Hall–Kier alpha value is -1.74. The van der Waals surface area contributed by atoms with E-state index >= 15 is 0 Å². The number of nitro groups is 1. The molecule has 1 N–H and O–H groups in total. The second kappa shape index (κ2) is 6.81. The Morgan fingerprint density at radius 2 is 2.14 bits per heavy atom. The van der Waals surface area contributed by atoms with Gasteiger partial charge in [0, 0.05) is 26.3 Å². The summed E-state index contributed by atoms with van der Waals surface area (Å²) in [5.41, 5.74) is 1.73. The van der Waals surface area contributed by atoms with Crippen molar-refractivity contribution in [3.05, 3.63) is 60.5 Å². The molecule has 2 rings (SSSR count). The number of hydrogen-bond donors (Lipinski definition) is 1. The molecule has 1 aromatic heterocycles. The zero-order valence-electron chi connectivity index (χ0n) is 11.0. The summed E-state index contributed by atoms with van der Waals surface area (Å²) in [6.07, 6.45) is 2.93. The van der Waals surface area contributed by atoms with Crippen LogP contribution in [0.4, 0.5) is 10.7 Å². The first-order valence-corrected chi connectivity index (χ1v) is 7.84. The van der Waals surface area contributed by atoms with Gasteiger partial charge in [-0.2, -0.15) is 0 Å². The van der Waals surface area contributed by atoms with Gasteiger partial charge >= 0.3 is 5.00 Å². The van der Waals surface area contributed by atoms with Crippen LogP contribution in [0, 0.1) is 20.6 Å². The number of benzene rings is 1. The Morgan fingerprint density at radius 3 is 2.76 bits per heavy atom. The Kier molecular flexibility index (Phi) is 5.07. The first-order chi connectivity index (χ1) is 9.95. The molecule has 0 saturated carbocycles. The molecule has 0 fully saturated rings. The third kappa shape index (κ3) is 4.36. The first-order valence-electron chi connectivity index (χ1n) is 5.95. The number of amides is 1. The molecular weight excluding hydrogens is 403 g/mol. The van der Waals surface area contributed by atoms with Crippen LogP contribution < -0.4 is 5.32 Å². The summed E-state index contributed by atoms with van der Waals surface area (Å²) < 4.78 is 1.10. The molecule has 7 heteroatoms. The molecule has 0 saturated heterocycles. The highest BCUT2D eigenvalue weighted by Crippen LogP contribution is 2.25. The van der Waals surface area contributed by atoms with E-state index in [0.717, 1.165) is 26.2 Å². The quantitative estimate of drug-likeness (QED) is 0.353. The Labute approximate surface area is 139 Å². The molecule has 0 spiro atoms. The maximum Gasteiger partial charge on any atom is 0.324 e. The van der Waals surface area contributed by atoms with E-state index in [4.69, 9.17) is 0 Å². The highest BCUT2D eigenvalue weighted by molar-refractivity contribution is 14.1. The van der Waals surface area contributed by atoms with E-state index in [2.05, 4.69) is 27.9 Å². The van der Waals surface area contributed by atoms with E-state index in [0.29, 0.717) is 4.88 Å². The van der Waals surface area contributed by atoms with Crippen molar-refractivity contribution in [2.75, 3.05) is 5.32 Å². The summed E-state index contributed by atoms with van der Waals surface area (Å²) in [7, 11) is 0. The van der Waals surface area contributed by atoms with Crippen molar-refractivity contribution in [2.45, 2.75) is 6.92 Å². The monoisotopic (exact) mass is 414 g/mol. The molecule has 0 unspecified atom stereocenters. The van der Waals surface area contributed by atoms with E-state index in [9.17, 15) is 14.9 Å². The minimum atomic E-state index is -0.447. The summed E-state index contributed by atoms with van der Waals surface area (Å²) in [6, 6.07) is 8.77. The minimum Gasteiger partial charge on any atom is -0.322 e. The zero-order chi connectivity index (χ0) is 15.4. The van der Waals surface area contributed by atoms with Gasteiger partial charge in [0.05, 0.1) is 4.92 Å². The highest BCUT2D eigenvalue weighted by Gasteiger charge is 2.08. The lowest BCUT2D eigenvalue weighted by molar-refractivity contribution is -0.380. The SMILES string of the molecule is Cc1cc(I)ccc1NC(=O)/C=C/c1ccc([N+](=O)[O-])s1. The van der Waals surface area contributed by atoms with E-state index in [1.165, 1.54) is 12.1 Å². The van der Waals surface area contributed by atoms with Crippen molar-refractivity contribution in [1.82, 2.24) is 0 Å². The molecular formula is C14H11IN2O3S. The maximum atomic E-state index is 11.8. The molecule has 0 atom stereocenters. The van der Waals surface area contributed by atoms with Gasteiger partial charge in [-0.25, -0.2) is 0 Å². The van der Waals surface area contributed by atoms with Crippen molar-refractivity contribution < 1.29 is 9.72 Å². The van der Waals surface area contributed by atoms with Gasteiger partial charge in [0.2, 0.25) is 5.91 Å². The Bertz CT molecular complexity index is 725. The number of halogens is 1. The molecule has 5 nitrogen and oxygen atoms in total. The average molecular weight is 414 g/mol. The van der Waals surface area contributed by atoms with Crippen LogP contribution in [-0.4, -0.2) is 10.8 Å². The van der Waals surface area contributed by atoms with Crippen LogP contribution in [0.1, 0.15) is 10.4 Å². The van der Waals surface area contributed by atoms with Crippen LogP contribution in [0.25, 0.3) is 6.08 Å². The number of nitrogens with one attached hydrogen (secondary N) is 1. The molecule has 0 radical (unpaired) electrons. The van der Waals surface area contributed by atoms with Gasteiger partial charge < -0.3 is 5.32 Å². The van der Waals surface area contributed by atoms with Crippen molar-refractivity contribution >= 4 is 56.6 Å². The lowest BCUT2D eigenvalue weighted by atomic mass is 10.2. The van der Waals surface area contributed by atoms with Crippen LogP contribution >= 0.6 is 33.9 Å². The van der Waals surface area contributed by atoms with E-state index in [-0.39, 0.29) is 10.9 Å². The number of anilines is 1. The number of thiophene rings is 1. The summed E-state index contributed by atoms with van der Waals surface area (Å²) in [6.45, 7) is 1.92. The molecule has 1 aromatic carbocycles. The van der Waals surface area contributed by atoms with Crippen LogP contribution in [0.2, 0.25) is 0 Å². The van der Waals surface area contributed by atoms with Gasteiger partial charge in [0.25, 0.3) is 0 Å². The molecule has 21 heavy (non-hydrogen) atoms. The van der Waals surface area contributed by atoms with Crippen LogP contribution in [-0.2, 0) is 4.79 Å². The molecule has 2 aromatic rings. The number of rotatable bonds is 4. The van der Waals surface area contributed by atoms with Crippen LogP contribution in [0.5, 0.6) is 0 Å². The Balaban J connectivity index is 2.03. The first kappa shape index (κ1) is 15.6. The smallest absolute Gasteiger partial charge is 0.322 e. The summed E-state index contributed by atoms with van der Waals surface area (Å²) >= 11 is 3.23. The van der Waals surface area contributed by atoms with Gasteiger partial charge in [0.15, 0.2) is 0 Å². The van der Waals surface area contributed by atoms with E-state index in [1.807, 2.05) is 25.1 Å². The van der Waals surface area contributed by atoms with Gasteiger partial charge in [-0.3, -0.25) is 14.9 Å². The normalized spacial score (nSPS) is 10.8. The number of nitrogens with zero attached hydrogens (tertiary/aromatic N) is 1. The minimum absolute atomic E-state index is 0.0588. The highest BCUT2D eigenvalue weighted by atomic mass is 127. The number of carbonyl (C=O) groups excluding carboxylic acids is 1. The van der Waals surface area contributed by atoms with Gasteiger partial charge in [0.1, 0.15) is 0 Å². The fourth-order valence-electron chi connectivity index (χ4n) is 1.63. The fraction of sp³-hybridized carbons (Fsp3) is 0.0714. The van der Waals surface area contributed by atoms with Gasteiger partial charge in [-0.1, -0.05) is 11.3 Å². The Morgan fingerprint density at radius 1 is 1.38 bits per heavy atom. The second-order valence-electron chi connectivity index (χ2n) is 4.21. The predicted molar refractivity (Wildman–Crippen MR) is 92.5 cm³/mol. The van der Waals surface area contributed by atoms with Gasteiger partial charge in [-0.05, 0) is 65.4 Å². The third-order valence-electron chi connectivity index (χ3n) is 2.64. The topological polar surface area (TPSA) is 72.2 Å². The molecule has 108 valence electrons. The third-order valence-corrected chi connectivity index (χ3v) is 4.31. The number of hydrogen-bond acceptors (Lipinski definition) is 4. The number of aryl methyl sites for hydroxylation is 1. The second-order valence-corrected chi connectivity index (χ2v) is 6.55. The lowest BCUT2D eigenvalue weighted by Gasteiger charge is -2.06. The largest absolute Gasteiger partial charge is 0.324 e. The zero-order valence-corrected chi connectivity index (χ0v) is 14.0. The van der Waals surface area contributed by atoms with Gasteiger partial charge in [-0.15, -0.1) is 0 Å². The van der Waals surface area contributed by atoms with Crippen molar-refractivity contribution in [3.63, 3.8) is 0 Å². The fourth-order valence-corrected chi connectivity index (χ4v) is 3.00. The lowest BCUT2D eigenvalue weighted by Crippen LogP contribution is -2.08. The molecule has 0 bridgehead atoms. The van der Waals surface area contributed by atoms with Crippen LogP contribution in [0.15, 0.2) is 36.4 Å². The van der Waals surface area contributed by atoms with Crippen molar-refractivity contribution in [3.8, 4) is 0 Å². The van der Waals surface area contributed by atoms with Crippen LogP contribution in [0.3, 0.4) is 0 Å². The summed E-state index contributed by atoms with van der Waals surface area (Å²) in [5.74, 6) is -0.268. The molecule has 1 amide bonds. The average Bonchev–Trinajstić information content (AvgIpc) is 2.89. The van der Waals surface area contributed by atoms with E-state index < -0.39 is 4.92 Å². The predicted octanol–water partition coefficient (Wildman–Crippen LogP) is 4.22. The van der Waals surface area contributed by atoms with Crippen molar-refractivity contribution in [1.29, 1.82) is 0 Å². The maximum absolute atomic E-state index is 11.8. The molecule has 0 aliphatic rings. The molecule has 1 heterocycles.